The lowest BCUT2D eigenvalue weighted by Crippen LogP contribution is -2.62. The van der Waals surface area contributed by atoms with Crippen LogP contribution in [0.5, 0.6) is 0 Å². The van der Waals surface area contributed by atoms with Crippen LogP contribution < -0.4 is 4.72 Å². The monoisotopic (exact) mass is 513 g/mol. The van der Waals surface area contributed by atoms with Gasteiger partial charge in [-0.15, -0.1) is 0 Å². The van der Waals surface area contributed by atoms with Crippen LogP contribution in [0.15, 0.2) is 35.2 Å². The third kappa shape index (κ3) is 4.71. The van der Waals surface area contributed by atoms with Gasteiger partial charge in [-0.1, -0.05) is 52.3 Å². The van der Waals surface area contributed by atoms with Crippen LogP contribution in [0.25, 0.3) is 0 Å². The summed E-state index contributed by atoms with van der Waals surface area (Å²) in [4.78, 5) is 1.29. The maximum Gasteiger partial charge on any atom is 0.0605 e. The average Bonchev–Trinajstić information content (AvgIpc) is 3.23. The Hall–Kier alpha value is -0.550. The molecule has 0 amide bonds. The van der Waals surface area contributed by atoms with E-state index >= 15 is 0 Å². The van der Waals surface area contributed by atoms with E-state index in [1.165, 1.54) is 43.4 Å². The van der Waals surface area contributed by atoms with Crippen LogP contribution in [0.2, 0.25) is 0 Å². The van der Waals surface area contributed by atoms with Crippen LogP contribution in [0.4, 0.5) is 0 Å². The van der Waals surface area contributed by atoms with Crippen molar-refractivity contribution in [1.82, 2.24) is 4.72 Å². The average molecular weight is 514 g/mol. The molecule has 202 valence electrons. The van der Waals surface area contributed by atoms with E-state index in [0.717, 1.165) is 44.1 Å². The van der Waals surface area contributed by atoms with Gasteiger partial charge in [0.25, 0.3) is 0 Å². The molecule has 5 rings (SSSR count). The Labute approximate surface area is 224 Å². The zero-order valence-electron chi connectivity index (χ0n) is 23.2. The highest BCUT2D eigenvalue weighted by atomic mass is 32.2. The molecule has 4 heteroatoms. The van der Waals surface area contributed by atoms with E-state index in [1.54, 1.807) is 11.9 Å². The van der Waals surface area contributed by atoms with Crippen molar-refractivity contribution in [3.63, 3.8) is 0 Å². The van der Waals surface area contributed by atoms with Gasteiger partial charge in [0.2, 0.25) is 0 Å². The van der Waals surface area contributed by atoms with Gasteiger partial charge >= 0.3 is 0 Å². The fourth-order valence-electron chi connectivity index (χ4n) is 10.3. The quantitative estimate of drug-likeness (QED) is 0.252. The number of benzene rings is 1. The van der Waals surface area contributed by atoms with E-state index in [1.807, 2.05) is 0 Å². The van der Waals surface area contributed by atoms with Crippen molar-refractivity contribution in [2.24, 2.45) is 52.3 Å². The summed E-state index contributed by atoms with van der Waals surface area (Å²) in [5.41, 5.74) is 0.681. The van der Waals surface area contributed by atoms with Crippen LogP contribution >= 0.6 is 11.9 Å². The summed E-state index contributed by atoms with van der Waals surface area (Å²) in [7, 11) is 0. The zero-order valence-corrected chi connectivity index (χ0v) is 24.0. The standard InChI is InChI=1S/C32H51NO2S/c1-5-24-28-20-22(34)15-17-32(28,4)27-16-18-31(3)25(13-14-26(31)29(27)30(24)35)21(2)10-9-19-33-36-23-11-7-6-8-12-23/h6-8,11-12,21-22,24-30,33-35H,5,9-10,13-20H2,1-4H3/t21-,22-,24-,25-,26+,27+,28+,29+,30-,31-,32-/m1/s1. The lowest BCUT2D eigenvalue weighted by molar-refractivity contribution is -0.203. The number of nitrogens with one attached hydrogen (secondary N) is 1. The van der Waals surface area contributed by atoms with Crippen molar-refractivity contribution >= 4 is 11.9 Å². The van der Waals surface area contributed by atoms with Crippen LogP contribution in [0, 0.1) is 52.3 Å². The van der Waals surface area contributed by atoms with Crippen molar-refractivity contribution in [2.75, 3.05) is 6.54 Å². The molecule has 3 nitrogen and oxygen atoms in total. The van der Waals surface area contributed by atoms with E-state index in [-0.39, 0.29) is 12.2 Å². The first-order valence-corrected chi connectivity index (χ1v) is 15.9. The number of aliphatic hydroxyl groups excluding tert-OH is 2. The van der Waals surface area contributed by atoms with Crippen LogP contribution in [0.3, 0.4) is 0 Å². The smallest absolute Gasteiger partial charge is 0.0605 e. The van der Waals surface area contributed by atoms with Gasteiger partial charge in [0.05, 0.1) is 12.2 Å². The van der Waals surface area contributed by atoms with Crippen molar-refractivity contribution < 1.29 is 10.2 Å². The minimum Gasteiger partial charge on any atom is -0.393 e. The molecule has 4 aliphatic carbocycles. The second-order valence-electron chi connectivity index (χ2n) is 13.6. The fraction of sp³-hybridized carbons (Fsp3) is 0.812. The molecule has 36 heavy (non-hydrogen) atoms. The first-order chi connectivity index (χ1) is 17.3. The molecule has 0 saturated heterocycles. The van der Waals surface area contributed by atoms with Gasteiger partial charge in [-0.05, 0) is 134 Å². The molecule has 0 radical (unpaired) electrons. The molecule has 4 saturated carbocycles. The number of rotatable bonds is 8. The summed E-state index contributed by atoms with van der Waals surface area (Å²) >= 11 is 1.75. The number of hydrogen-bond acceptors (Lipinski definition) is 4. The van der Waals surface area contributed by atoms with E-state index in [4.69, 9.17) is 0 Å². The van der Waals surface area contributed by atoms with Gasteiger partial charge in [0, 0.05) is 11.4 Å². The Morgan fingerprint density at radius 3 is 2.44 bits per heavy atom. The van der Waals surface area contributed by atoms with Gasteiger partial charge in [0.1, 0.15) is 0 Å². The number of hydrogen-bond donors (Lipinski definition) is 3. The molecule has 0 aromatic heterocycles. The van der Waals surface area contributed by atoms with E-state index in [2.05, 4.69) is 62.7 Å². The van der Waals surface area contributed by atoms with E-state index < -0.39 is 0 Å². The summed E-state index contributed by atoms with van der Waals surface area (Å²) in [5, 5.41) is 22.4. The highest BCUT2D eigenvalue weighted by molar-refractivity contribution is 7.97. The Balaban J connectivity index is 1.23. The van der Waals surface area contributed by atoms with Gasteiger partial charge < -0.3 is 10.2 Å². The third-order valence-electron chi connectivity index (χ3n) is 12.0. The minimum atomic E-state index is -0.179. The third-order valence-corrected chi connectivity index (χ3v) is 12.9. The van der Waals surface area contributed by atoms with E-state index in [0.29, 0.717) is 40.4 Å². The second-order valence-corrected chi connectivity index (χ2v) is 14.5. The molecule has 4 fully saturated rings. The summed E-state index contributed by atoms with van der Waals surface area (Å²) in [6, 6.07) is 10.6. The molecular weight excluding hydrogens is 462 g/mol. The number of aliphatic hydroxyl groups is 2. The first-order valence-electron chi connectivity index (χ1n) is 15.1. The van der Waals surface area contributed by atoms with Crippen molar-refractivity contribution in [2.45, 2.75) is 109 Å². The topological polar surface area (TPSA) is 52.5 Å². The Morgan fingerprint density at radius 2 is 1.69 bits per heavy atom. The molecule has 0 heterocycles. The maximum absolute atomic E-state index is 11.9. The number of fused-ring (bicyclic) bond motifs is 5. The molecular formula is C32H51NO2S. The molecule has 1 aromatic carbocycles. The van der Waals surface area contributed by atoms with Gasteiger partial charge in [-0.2, -0.15) is 0 Å². The SMILES string of the molecule is CC[C@H]1[C@@H](O)[C@@H]2[C@H](CC[C@]3(C)[C@@H]([C@H](C)CCCNSc4ccccc4)CC[C@@H]23)[C@@]2(C)CC[C@@H](O)C[C@@H]12. The van der Waals surface area contributed by atoms with Crippen molar-refractivity contribution in [3.05, 3.63) is 30.3 Å². The summed E-state index contributed by atoms with van der Waals surface area (Å²) in [5.74, 6) is 4.16. The lowest BCUT2D eigenvalue weighted by Gasteiger charge is -2.64. The van der Waals surface area contributed by atoms with Crippen molar-refractivity contribution in [1.29, 1.82) is 0 Å². The molecule has 11 atom stereocenters. The molecule has 0 bridgehead atoms. The Bertz CT molecular complexity index is 865. The van der Waals surface area contributed by atoms with Crippen molar-refractivity contribution in [3.8, 4) is 0 Å². The van der Waals surface area contributed by atoms with Gasteiger partial charge in [0.15, 0.2) is 0 Å². The Kier molecular flexibility index (Phi) is 8.19. The highest BCUT2D eigenvalue weighted by Gasteiger charge is 2.64. The summed E-state index contributed by atoms with van der Waals surface area (Å²) in [6.45, 7) is 11.0. The van der Waals surface area contributed by atoms with Gasteiger partial charge in [-0.25, -0.2) is 0 Å². The normalized spacial score (nSPS) is 44.9. The largest absolute Gasteiger partial charge is 0.393 e. The predicted molar refractivity (Wildman–Crippen MR) is 150 cm³/mol. The molecule has 0 aliphatic heterocycles. The Morgan fingerprint density at radius 1 is 0.972 bits per heavy atom. The molecule has 0 spiro atoms. The molecule has 0 unspecified atom stereocenters. The lowest BCUT2D eigenvalue weighted by atomic mass is 9.41. The zero-order chi connectivity index (χ0) is 25.5. The molecule has 4 aliphatic rings. The molecule has 3 N–H and O–H groups in total. The summed E-state index contributed by atoms with van der Waals surface area (Å²) < 4.78 is 3.57. The highest BCUT2D eigenvalue weighted by Crippen LogP contribution is 2.69. The molecule has 1 aromatic rings. The minimum absolute atomic E-state index is 0.160. The summed E-state index contributed by atoms with van der Waals surface area (Å²) in [6.07, 6.45) is 11.5. The van der Waals surface area contributed by atoms with E-state index in [9.17, 15) is 10.2 Å². The first kappa shape index (κ1) is 27.0. The predicted octanol–water partition coefficient (Wildman–Crippen LogP) is 7.33. The van der Waals surface area contributed by atoms with Crippen LogP contribution in [0.1, 0.15) is 91.9 Å². The maximum atomic E-state index is 11.9. The van der Waals surface area contributed by atoms with Crippen LogP contribution in [-0.4, -0.2) is 29.0 Å². The van der Waals surface area contributed by atoms with Gasteiger partial charge in [-0.3, -0.25) is 4.72 Å². The fourth-order valence-corrected chi connectivity index (χ4v) is 11.0. The second kappa shape index (κ2) is 10.9. The van der Waals surface area contributed by atoms with Crippen LogP contribution in [-0.2, 0) is 0 Å².